The van der Waals surface area contributed by atoms with Gasteiger partial charge in [-0.05, 0) is 20.3 Å². The zero-order valence-electron chi connectivity index (χ0n) is 11.5. The second-order valence-corrected chi connectivity index (χ2v) is 8.14. The average Bonchev–Trinajstić information content (AvgIpc) is 2.77. The Balaban J connectivity index is 3.00. The van der Waals surface area contributed by atoms with E-state index in [0.29, 0.717) is 13.0 Å². The molecule has 10 heteroatoms. The van der Waals surface area contributed by atoms with E-state index in [9.17, 15) is 13.2 Å². The van der Waals surface area contributed by atoms with Crippen molar-refractivity contribution in [2.24, 2.45) is 0 Å². The summed E-state index contributed by atoms with van der Waals surface area (Å²) >= 11 is 4.14. The maximum atomic E-state index is 12.5. The fraction of sp³-hybridized carbons (Fsp3) is 0.700. The topological polar surface area (TPSA) is 92.3 Å². The SMILES string of the molecule is CC(=O)Nc1nnc(S(=O)(=O)N(CCCBr)C(C)C)s1. The normalized spacial score (nSPS) is 12.1. The summed E-state index contributed by atoms with van der Waals surface area (Å²) in [7, 11) is -3.68. The van der Waals surface area contributed by atoms with E-state index >= 15 is 0 Å². The second kappa shape index (κ2) is 7.43. The predicted molar refractivity (Wildman–Crippen MR) is 81.7 cm³/mol. The van der Waals surface area contributed by atoms with E-state index in [0.717, 1.165) is 16.7 Å². The number of amides is 1. The lowest BCUT2D eigenvalue weighted by atomic mass is 10.4. The van der Waals surface area contributed by atoms with Crippen LogP contribution in [0.3, 0.4) is 0 Å². The molecule has 20 heavy (non-hydrogen) atoms. The van der Waals surface area contributed by atoms with E-state index in [1.807, 2.05) is 13.8 Å². The van der Waals surface area contributed by atoms with Gasteiger partial charge >= 0.3 is 0 Å². The van der Waals surface area contributed by atoms with Crippen LogP contribution in [0.2, 0.25) is 0 Å². The monoisotopic (exact) mass is 384 g/mol. The first kappa shape index (κ1) is 17.5. The van der Waals surface area contributed by atoms with Crippen LogP contribution in [-0.4, -0.2) is 46.7 Å². The summed E-state index contributed by atoms with van der Waals surface area (Å²) in [6, 6.07) is -0.174. The number of nitrogens with zero attached hydrogens (tertiary/aromatic N) is 3. The lowest BCUT2D eigenvalue weighted by Crippen LogP contribution is -2.37. The number of sulfonamides is 1. The van der Waals surface area contributed by atoms with Gasteiger partial charge in [0.15, 0.2) is 0 Å². The Labute approximate surface area is 130 Å². The molecule has 0 aliphatic carbocycles. The van der Waals surface area contributed by atoms with Crippen LogP contribution in [0, 0.1) is 0 Å². The molecule has 1 N–H and O–H groups in total. The van der Waals surface area contributed by atoms with Crippen molar-refractivity contribution in [1.82, 2.24) is 14.5 Å². The van der Waals surface area contributed by atoms with Gasteiger partial charge < -0.3 is 5.32 Å². The molecule has 0 bridgehead atoms. The van der Waals surface area contributed by atoms with Gasteiger partial charge in [-0.3, -0.25) is 4.79 Å². The number of rotatable bonds is 7. The Morgan fingerprint density at radius 2 is 2.10 bits per heavy atom. The molecule has 0 aliphatic rings. The molecule has 114 valence electrons. The first-order valence-corrected chi connectivity index (χ1v) is 9.35. The molecule has 0 aromatic carbocycles. The van der Waals surface area contributed by atoms with E-state index in [-0.39, 0.29) is 21.4 Å². The minimum absolute atomic E-state index is 0.107. The highest BCUT2D eigenvalue weighted by atomic mass is 79.9. The van der Waals surface area contributed by atoms with Crippen molar-refractivity contribution >= 4 is 48.3 Å². The number of carbonyl (C=O) groups excluding carboxylic acids is 1. The highest BCUT2D eigenvalue weighted by Gasteiger charge is 2.30. The molecule has 0 spiro atoms. The van der Waals surface area contributed by atoms with Gasteiger partial charge in [-0.15, -0.1) is 10.2 Å². The van der Waals surface area contributed by atoms with E-state index in [1.165, 1.54) is 11.2 Å². The summed E-state index contributed by atoms with van der Waals surface area (Å²) in [6.45, 7) is 5.34. The van der Waals surface area contributed by atoms with Gasteiger partial charge in [0.1, 0.15) is 0 Å². The third kappa shape index (κ3) is 4.47. The lowest BCUT2D eigenvalue weighted by Gasteiger charge is -2.23. The van der Waals surface area contributed by atoms with Crippen molar-refractivity contribution in [3.8, 4) is 0 Å². The van der Waals surface area contributed by atoms with Gasteiger partial charge in [0.2, 0.25) is 15.4 Å². The fourth-order valence-electron chi connectivity index (χ4n) is 1.49. The number of aromatic nitrogens is 2. The van der Waals surface area contributed by atoms with Gasteiger partial charge in [0, 0.05) is 24.8 Å². The maximum absolute atomic E-state index is 12.5. The number of anilines is 1. The third-order valence-electron chi connectivity index (χ3n) is 2.31. The van der Waals surface area contributed by atoms with Gasteiger partial charge in [-0.1, -0.05) is 27.3 Å². The number of hydrogen-bond donors (Lipinski definition) is 1. The van der Waals surface area contributed by atoms with Gasteiger partial charge in [-0.2, -0.15) is 4.31 Å². The van der Waals surface area contributed by atoms with E-state index in [4.69, 9.17) is 0 Å². The number of alkyl halides is 1. The second-order valence-electron chi connectivity index (χ2n) is 4.31. The van der Waals surface area contributed by atoms with Crippen LogP contribution in [0.1, 0.15) is 27.2 Å². The quantitative estimate of drug-likeness (QED) is 0.570. The highest BCUT2D eigenvalue weighted by molar-refractivity contribution is 9.09. The molecule has 1 rings (SSSR count). The van der Waals surface area contributed by atoms with Gasteiger partial charge in [0.05, 0.1) is 0 Å². The van der Waals surface area contributed by atoms with E-state index < -0.39 is 10.0 Å². The third-order valence-corrected chi connectivity index (χ3v) is 6.13. The van der Waals surface area contributed by atoms with E-state index in [2.05, 4.69) is 31.4 Å². The van der Waals surface area contributed by atoms with Gasteiger partial charge in [-0.25, -0.2) is 8.42 Å². The molecule has 1 aromatic rings. The molecule has 7 nitrogen and oxygen atoms in total. The fourth-order valence-corrected chi connectivity index (χ4v) is 4.48. The number of nitrogens with one attached hydrogen (secondary N) is 1. The molecule has 0 radical (unpaired) electrons. The smallest absolute Gasteiger partial charge is 0.272 e. The summed E-state index contributed by atoms with van der Waals surface area (Å²) in [4.78, 5) is 10.9. The molecule has 0 atom stereocenters. The van der Waals surface area contributed by atoms with Crippen molar-refractivity contribution in [3.63, 3.8) is 0 Å². The minimum Gasteiger partial charge on any atom is -0.301 e. The number of carbonyl (C=O) groups is 1. The lowest BCUT2D eigenvalue weighted by molar-refractivity contribution is -0.114. The van der Waals surface area contributed by atoms with Crippen LogP contribution in [0.5, 0.6) is 0 Å². The molecule has 1 amide bonds. The van der Waals surface area contributed by atoms with Crippen LogP contribution >= 0.6 is 27.3 Å². The predicted octanol–water partition coefficient (Wildman–Crippen LogP) is 1.68. The molecule has 0 saturated heterocycles. The minimum atomic E-state index is -3.68. The zero-order valence-corrected chi connectivity index (χ0v) is 14.7. The van der Waals surface area contributed by atoms with E-state index in [1.54, 1.807) is 0 Å². The molecular formula is C10H17BrN4O3S2. The molecular weight excluding hydrogens is 368 g/mol. The van der Waals surface area contributed by atoms with Crippen molar-refractivity contribution in [3.05, 3.63) is 0 Å². The summed E-state index contributed by atoms with van der Waals surface area (Å²) in [5.74, 6) is -0.315. The van der Waals surface area contributed by atoms with Crippen molar-refractivity contribution in [2.75, 3.05) is 17.2 Å². The standard InChI is InChI=1S/C10H17BrN4O3S2/c1-7(2)15(6-4-5-11)20(17,18)10-14-13-9(19-10)12-8(3)16/h7H,4-6H2,1-3H3,(H,12,13,16). The van der Waals surface area contributed by atoms with Crippen LogP contribution in [0.15, 0.2) is 4.34 Å². The average molecular weight is 385 g/mol. The molecule has 1 aromatic heterocycles. The Morgan fingerprint density at radius 3 is 2.60 bits per heavy atom. The largest absolute Gasteiger partial charge is 0.301 e. The van der Waals surface area contributed by atoms with Crippen molar-refractivity contribution in [2.45, 2.75) is 37.6 Å². The summed E-state index contributed by atoms with van der Waals surface area (Å²) < 4.78 is 26.2. The van der Waals surface area contributed by atoms with Crippen LogP contribution in [-0.2, 0) is 14.8 Å². The van der Waals surface area contributed by atoms with Gasteiger partial charge in [0.25, 0.3) is 10.0 Å². The summed E-state index contributed by atoms with van der Waals surface area (Å²) in [6.07, 6.45) is 0.703. The van der Waals surface area contributed by atoms with Crippen LogP contribution in [0.4, 0.5) is 5.13 Å². The Hall–Kier alpha value is -0.580. The Morgan fingerprint density at radius 1 is 1.45 bits per heavy atom. The van der Waals surface area contributed by atoms with Crippen LogP contribution in [0.25, 0.3) is 0 Å². The van der Waals surface area contributed by atoms with Crippen molar-refractivity contribution in [1.29, 1.82) is 0 Å². The first-order chi connectivity index (χ1) is 9.28. The molecule has 0 aliphatic heterocycles. The first-order valence-electron chi connectivity index (χ1n) is 5.98. The Kier molecular flexibility index (Phi) is 6.49. The number of halogens is 1. The summed E-state index contributed by atoms with van der Waals surface area (Å²) in [5, 5.41) is 10.7. The zero-order chi connectivity index (χ0) is 15.3. The van der Waals surface area contributed by atoms with Crippen molar-refractivity contribution < 1.29 is 13.2 Å². The Bertz CT molecular complexity index is 559. The molecule has 0 unspecified atom stereocenters. The highest BCUT2D eigenvalue weighted by Crippen LogP contribution is 2.24. The maximum Gasteiger partial charge on any atom is 0.272 e. The molecule has 0 fully saturated rings. The van der Waals surface area contributed by atoms with Crippen LogP contribution < -0.4 is 5.32 Å². The molecule has 0 saturated carbocycles. The summed E-state index contributed by atoms with van der Waals surface area (Å²) in [5.41, 5.74) is 0. The number of hydrogen-bond acceptors (Lipinski definition) is 6. The molecule has 1 heterocycles.